The van der Waals surface area contributed by atoms with Gasteiger partial charge in [-0.1, -0.05) is 13.3 Å². The highest BCUT2D eigenvalue weighted by atomic mass is 16.4. The van der Waals surface area contributed by atoms with Crippen LogP contribution < -0.4 is 10.6 Å². The van der Waals surface area contributed by atoms with Crippen molar-refractivity contribution >= 4 is 17.9 Å². The van der Waals surface area contributed by atoms with Crippen LogP contribution in [0.15, 0.2) is 0 Å². The molecule has 104 valence electrons. The quantitative estimate of drug-likeness (QED) is 0.600. The van der Waals surface area contributed by atoms with Crippen molar-refractivity contribution in [2.45, 2.75) is 32.7 Å². The molecule has 18 heavy (non-hydrogen) atoms. The number of hydrogen-bond acceptors (Lipinski definition) is 3. The number of carbonyl (C=O) groups excluding carboxylic acids is 2. The van der Waals surface area contributed by atoms with E-state index < -0.39 is 18.0 Å². The van der Waals surface area contributed by atoms with Crippen molar-refractivity contribution in [1.82, 2.24) is 15.5 Å². The predicted octanol–water partition coefficient (Wildman–Crippen LogP) is 0.0172. The summed E-state index contributed by atoms with van der Waals surface area (Å²) in [4.78, 5) is 35.0. The van der Waals surface area contributed by atoms with Crippen molar-refractivity contribution in [1.29, 1.82) is 0 Å². The van der Waals surface area contributed by atoms with Crippen molar-refractivity contribution in [2.24, 2.45) is 0 Å². The second-order valence-corrected chi connectivity index (χ2v) is 3.91. The predicted molar refractivity (Wildman–Crippen MR) is 66.2 cm³/mol. The first-order valence-electron chi connectivity index (χ1n) is 5.93. The maximum atomic E-state index is 11.4. The lowest BCUT2D eigenvalue weighted by molar-refractivity contribution is -0.139. The van der Waals surface area contributed by atoms with Crippen LogP contribution in [-0.2, 0) is 9.59 Å². The third-order valence-electron chi connectivity index (χ3n) is 2.48. The summed E-state index contributed by atoms with van der Waals surface area (Å²) in [5, 5.41) is 13.5. The first-order chi connectivity index (χ1) is 8.42. The number of aliphatic carboxylic acids is 1. The molecule has 0 spiro atoms. The summed E-state index contributed by atoms with van der Waals surface area (Å²) in [5.74, 6) is -1.31. The molecule has 7 nitrogen and oxygen atoms in total. The number of nitrogens with zero attached hydrogens (tertiary/aromatic N) is 1. The minimum absolute atomic E-state index is 0.144. The van der Waals surface area contributed by atoms with Crippen molar-refractivity contribution in [3.63, 3.8) is 0 Å². The molecular formula is C11H21N3O4. The van der Waals surface area contributed by atoms with Gasteiger partial charge in [0.15, 0.2) is 0 Å². The fourth-order valence-electron chi connectivity index (χ4n) is 1.22. The Balaban J connectivity index is 4.10. The average Bonchev–Trinajstić information content (AvgIpc) is 2.34. The van der Waals surface area contributed by atoms with Crippen LogP contribution in [0.3, 0.4) is 0 Å². The molecule has 3 amide bonds. The van der Waals surface area contributed by atoms with Crippen LogP contribution in [0.2, 0.25) is 0 Å². The van der Waals surface area contributed by atoms with Crippen LogP contribution in [0, 0.1) is 0 Å². The molecule has 0 aromatic heterocycles. The van der Waals surface area contributed by atoms with E-state index in [9.17, 15) is 14.4 Å². The van der Waals surface area contributed by atoms with E-state index in [0.29, 0.717) is 19.4 Å². The maximum Gasteiger partial charge on any atom is 0.326 e. The molecule has 0 radical (unpaired) electrons. The second-order valence-electron chi connectivity index (χ2n) is 3.91. The SMILES string of the molecule is CCC[C@H](NC(=O)NCC(=O)N(C)CC)C(=O)O. The molecule has 3 N–H and O–H groups in total. The van der Waals surface area contributed by atoms with Gasteiger partial charge in [-0.2, -0.15) is 0 Å². The van der Waals surface area contributed by atoms with Crippen LogP contribution in [0.4, 0.5) is 4.79 Å². The summed E-state index contributed by atoms with van der Waals surface area (Å²) < 4.78 is 0. The first kappa shape index (κ1) is 16.2. The molecular weight excluding hydrogens is 238 g/mol. The number of likely N-dealkylation sites (N-methyl/N-ethyl adjacent to an activating group) is 1. The molecule has 0 aromatic carbocycles. The van der Waals surface area contributed by atoms with Crippen LogP contribution in [0.1, 0.15) is 26.7 Å². The highest BCUT2D eigenvalue weighted by molar-refractivity contribution is 5.86. The van der Waals surface area contributed by atoms with Gasteiger partial charge in [0.1, 0.15) is 6.04 Å². The molecule has 0 saturated heterocycles. The smallest absolute Gasteiger partial charge is 0.326 e. The number of amides is 3. The Labute approximate surface area is 107 Å². The highest BCUT2D eigenvalue weighted by Gasteiger charge is 2.19. The number of carboxylic acid groups (broad SMARTS) is 1. The zero-order valence-corrected chi connectivity index (χ0v) is 11.0. The van der Waals surface area contributed by atoms with E-state index in [0.717, 1.165) is 0 Å². The van der Waals surface area contributed by atoms with Crippen molar-refractivity contribution < 1.29 is 19.5 Å². The summed E-state index contributed by atoms with van der Waals surface area (Å²) in [5.41, 5.74) is 0. The highest BCUT2D eigenvalue weighted by Crippen LogP contribution is 1.96. The van der Waals surface area contributed by atoms with Gasteiger partial charge in [-0.05, 0) is 13.3 Å². The molecule has 0 bridgehead atoms. The van der Waals surface area contributed by atoms with Gasteiger partial charge in [-0.25, -0.2) is 9.59 Å². The van der Waals surface area contributed by atoms with Gasteiger partial charge in [0.05, 0.1) is 6.54 Å². The molecule has 0 fully saturated rings. The van der Waals surface area contributed by atoms with Gasteiger partial charge in [0, 0.05) is 13.6 Å². The van der Waals surface area contributed by atoms with E-state index in [1.165, 1.54) is 4.90 Å². The molecule has 1 atom stereocenters. The van der Waals surface area contributed by atoms with Gasteiger partial charge in [-0.3, -0.25) is 4.79 Å². The number of carboxylic acids is 1. The second kappa shape index (κ2) is 8.32. The van der Waals surface area contributed by atoms with E-state index >= 15 is 0 Å². The molecule has 7 heteroatoms. The lowest BCUT2D eigenvalue weighted by Crippen LogP contribution is -2.48. The number of nitrogens with one attached hydrogen (secondary N) is 2. The lowest BCUT2D eigenvalue weighted by Gasteiger charge is -2.17. The summed E-state index contributed by atoms with van der Waals surface area (Å²) in [6, 6.07) is -1.57. The van der Waals surface area contributed by atoms with Gasteiger partial charge >= 0.3 is 12.0 Å². The summed E-state index contributed by atoms with van der Waals surface area (Å²) in [6.07, 6.45) is 1.00. The Morgan fingerprint density at radius 2 is 1.89 bits per heavy atom. The molecule has 0 unspecified atom stereocenters. The number of rotatable bonds is 7. The van der Waals surface area contributed by atoms with Crippen molar-refractivity contribution in [3.05, 3.63) is 0 Å². The van der Waals surface area contributed by atoms with Crippen LogP contribution in [-0.4, -0.2) is 54.1 Å². The minimum atomic E-state index is -1.08. The van der Waals surface area contributed by atoms with Crippen LogP contribution in [0.5, 0.6) is 0 Å². The molecule has 0 aromatic rings. The van der Waals surface area contributed by atoms with Crippen LogP contribution in [0.25, 0.3) is 0 Å². The fraction of sp³-hybridized carbons (Fsp3) is 0.727. The Bertz CT molecular complexity index is 307. The van der Waals surface area contributed by atoms with Gasteiger partial charge in [0.2, 0.25) is 5.91 Å². The molecule has 0 rings (SSSR count). The van der Waals surface area contributed by atoms with Crippen molar-refractivity contribution in [2.75, 3.05) is 20.1 Å². The van der Waals surface area contributed by atoms with Gasteiger partial charge in [-0.15, -0.1) is 0 Å². The Morgan fingerprint density at radius 3 is 2.33 bits per heavy atom. The number of urea groups is 1. The van der Waals surface area contributed by atoms with E-state index in [1.54, 1.807) is 7.05 Å². The van der Waals surface area contributed by atoms with E-state index in [1.807, 2.05) is 13.8 Å². The monoisotopic (exact) mass is 259 g/mol. The Kier molecular flexibility index (Phi) is 7.50. The van der Waals surface area contributed by atoms with Gasteiger partial charge < -0.3 is 20.6 Å². The third-order valence-corrected chi connectivity index (χ3v) is 2.48. The molecule has 0 aliphatic carbocycles. The first-order valence-corrected chi connectivity index (χ1v) is 5.93. The Hall–Kier alpha value is -1.79. The third kappa shape index (κ3) is 6.07. The van der Waals surface area contributed by atoms with Crippen molar-refractivity contribution in [3.8, 4) is 0 Å². The normalized spacial score (nSPS) is 11.5. The average molecular weight is 259 g/mol. The van der Waals surface area contributed by atoms with Gasteiger partial charge in [0.25, 0.3) is 0 Å². The molecule has 0 saturated carbocycles. The summed E-state index contributed by atoms with van der Waals surface area (Å²) >= 11 is 0. The summed E-state index contributed by atoms with van der Waals surface area (Å²) in [6.45, 7) is 4.05. The van der Waals surface area contributed by atoms with Crippen LogP contribution >= 0.6 is 0 Å². The molecule has 0 heterocycles. The number of carbonyl (C=O) groups is 3. The van der Waals surface area contributed by atoms with E-state index in [2.05, 4.69) is 10.6 Å². The molecule has 0 aliphatic heterocycles. The maximum absolute atomic E-state index is 11.4. The topological polar surface area (TPSA) is 98.7 Å². The zero-order chi connectivity index (χ0) is 14.1. The largest absolute Gasteiger partial charge is 0.480 e. The van der Waals surface area contributed by atoms with E-state index in [-0.39, 0.29) is 12.5 Å². The molecule has 0 aliphatic rings. The standard InChI is InChI=1S/C11H21N3O4/c1-4-6-8(10(16)17)13-11(18)12-7-9(15)14(3)5-2/h8H,4-7H2,1-3H3,(H,16,17)(H2,12,13,18)/t8-/m0/s1. The zero-order valence-electron chi connectivity index (χ0n) is 11.0. The number of hydrogen-bond donors (Lipinski definition) is 3. The Morgan fingerprint density at radius 1 is 1.28 bits per heavy atom. The summed E-state index contributed by atoms with van der Waals surface area (Å²) in [7, 11) is 1.62. The minimum Gasteiger partial charge on any atom is -0.480 e. The van der Waals surface area contributed by atoms with E-state index in [4.69, 9.17) is 5.11 Å². The lowest BCUT2D eigenvalue weighted by atomic mass is 10.2. The fourth-order valence-corrected chi connectivity index (χ4v) is 1.22.